The maximum Gasteiger partial charge on any atom is 0.308 e. The van der Waals surface area contributed by atoms with E-state index in [2.05, 4.69) is 5.32 Å². The molecule has 0 aliphatic carbocycles. The Morgan fingerprint density at radius 2 is 1.62 bits per heavy atom. The number of hydrogen-bond acceptors (Lipinski definition) is 6. The van der Waals surface area contributed by atoms with Gasteiger partial charge >= 0.3 is 4.87 Å². The lowest BCUT2D eigenvalue weighted by atomic mass is 9.83. The highest BCUT2D eigenvalue weighted by atomic mass is 32.2. The van der Waals surface area contributed by atoms with E-state index >= 15 is 0 Å². The minimum Gasteiger partial charge on any atom is -0.324 e. The summed E-state index contributed by atoms with van der Waals surface area (Å²) in [6.07, 6.45) is 0. The predicted octanol–water partition coefficient (Wildman–Crippen LogP) is 5.10. The van der Waals surface area contributed by atoms with Crippen molar-refractivity contribution in [1.82, 2.24) is 4.57 Å². The fourth-order valence-corrected chi connectivity index (χ4v) is 8.05. The number of carbonyl (C=O) groups excluding carboxylic acids is 3. The number of para-hydroxylation sites is 1. The Kier molecular flexibility index (Phi) is 6.67. The number of nitrogens with zero attached hydrogens (tertiary/aromatic N) is 2. The summed E-state index contributed by atoms with van der Waals surface area (Å²) in [4.78, 5) is 55.3. The number of thioether (sulfide) groups is 1. The van der Waals surface area contributed by atoms with Crippen molar-refractivity contribution in [2.75, 3.05) is 10.2 Å². The van der Waals surface area contributed by atoms with Crippen LogP contribution in [0.15, 0.2) is 82.6 Å². The quantitative estimate of drug-likeness (QED) is 0.336. The molecule has 3 amide bonds. The van der Waals surface area contributed by atoms with E-state index in [4.69, 9.17) is 0 Å². The number of aryl methyl sites for hydroxylation is 2. The smallest absolute Gasteiger partial charge is 0.308 e. The minimum atomic E-state index is -0.809. The van der Waals surface area contributed by atoms with Gasteiger partial charge in [-0.05, 0) is 55.3 Å². The number of amides is 3. The zero-order valence-electron chi connectivity index (χ0n) is 21.6. The molecule has 202 valence electrons. The van der Waals surface area contributed by atoms with Gasteiger partial charge in [-0.1, -0.05) is 71.1 Å². The van der Waals surface area contributed by atoms with Crippen molar-refractivity contribution < 1.29 is 18.8 Å². The second kappa shape index (κ2) is 10.2. The van der Waals surface area contributed by atoms with Crippen LogP contribution in [0.5, 0.6) is 0 Å². The van der Waals surface area contributed by atoms with Gasteiger partial charge in [0.05, 0.1) is 16.6 Å². The molecule has 7 nitrogen and oxygen atoms in total. The zero-order valence-corrected chi connectivity index (χ0v) is 23.2. The third kappa shape index (κ3) is 4.47. The molecule has 10 heteroatoms. The Morgan fingerprint density at radius 3 is 2.33 bits per heavy atom. The normalized spacial score (nSPS) is 19.9. The van der Waals surface area contributed by atoms with E-state index in [1.54, 1.807) is 30.3 Å². The highest BCUT2D eigenvalue weighted by molar-refractivity contribution is 8.00. The molecule has 4 aromatic rings. The van der Waals surface area contributed by atoms with E-state index in [0.717, 1.165) is 34.2 Å². The molecule has 3 aromatic carbocycles. The Morgan fingerprint density at radius 1 is 0.925 bits per heavy atom. The van der Waals surface area contributed by atoms with Crippen LogP contribution in [0.25, 0.3) is 0 Å². The number of thiazole rings is 1. The van der Waals surface area contributed by atoms with Crippen molar-refractivity contribution in [2.24, 2.45) is 5.92 Å². The van der Waals surface area contributed by atoms with Gasteiger partial charge in [-0.3, -0.25) is 23.7 Å². The van der Waals surface area contributed by atoms with Crippen LogP contribution in [-0.4, -0.2) is 27.5 Å². The fraction of sp³-hybridized carbons (Fsp3) is 0.200. The monoisotopic (exact) mass is 573 g/mol. The lowest BCUT2D eigenvalue weighted by molar-refractivity contribution is -0.122. The number of rotatable bonds is 5. The van der Waals surface area contributed by atoms with E-state index < -0.39 is 22.9 Å². The number of imide groups is 1. The topological polar surface area (TPSA) is 88.5 Å². The summed E-state index contributed by atoms with van der Waals surface area (Å²) in [5.74, 6) is -2.99. The number of hydrogen-bond donors (Lipinski definition) is 1. The second-order valence-corrected chi connectivity index (χ2v) is 12.1. The summed E-state index contributed by atoms with van der Waals surface area (Å²) in [7, 11) is 0. The highest BCUT2D eigenvalue weighted by Gasteiger charge is 2.56. The van der Waals surface area contributed by atoms with Crippen LogP contribution in [0.2, 0.25) is 0 Å². The molecule has 0 spiro atoms. The lowest BCUT2D eigenvalue weighted by Crippen LogP contribution is -2.33. The molecule has 1 N–H and O–H groups in total. The first-order valence-electron chi connectivity index (χ1n) is 12.7. The van der Waals surface area contributed by atoms with Gasteiger partial charge in [-0.15, -0.1) is 0 Å². The SMILES string of the molecule is Cc1ccc(N2C(=O)[C@H]3[C@H](c4ccc(F)cc4)c4sc(=O)n(CC(=O)Nc5ccccc5C)c4S[C@H]3C2=O)cc1. The Labute approximate surface area is 237 Å². The molecule has 1 fully saturated rings. The predicted molar refractivity (Wildman–Crippen MR) is 153 cm³/mol. The average Bonchev–Trinajstić information content (AvgIpc) is 3.37. The summed E-state index contributed by atoms with van der Waals surface area (Å²) >= 11 is 2.11. The van der Waals surface area contributed by atoms with E-state index in [1.807, 2.05) is 44.2 Å². The zero-order chi connectivity index (χ0) is 28.1. The molecule has 3 atom stereocenters. The minimum absolute atomic E-state index is 0.247. The number of carbonyl (C=O) groups is 3. The van der Waals surface area contributed by atoms with E-state index in [9.17, 15) is 23.6 Å². The largest absolute Gasteiger partial charge is 0.324 e. The maximum atomic E-state index is 13.9. The van der Waals surface area contributed by atoms with Gasteiger partial charge in [0.15, 0.2) is 0 Å². The Bertz CT molecular complexity index is 1710. The number of halogens is 1. The molecule has 0 unspecified atom stereocenters. The summed E-state index contributed by atoms with van der Waals surface area (Å²) in [5.41, 5.74) is 3.63. The van der Waals surface area contributed by atoms with Gasteiger partial charge in [-0.2, -0.15) is 0 Å². The second-order valence-electron chi connectivity index (χ2n) is 9.93. The first-order valence-corrected chi connectivity index (χ1v) is 14.4. The summed E-state index contributed by atoms with van der Waals surface area (Å²) < 4.78 is 15.2. The Balaban J connectivity index is 1.41. The highest BCUT2D eigenvalue weighted by Crippen LogP contribution is 2.53. The van der Waals surface area contributed by atoms with Crippen LogP contribution >= 0.6 is 23.1 Å². The van der Waals surface area contributed by atoms with Gasteiger partial charge in [0, 0.05) is 16.5 Å². The molecule has 0 radical (unpaired) electrons. The van der Waals surface area contributed by atoms with Crippen LogP contribution in [0.4, 0.5) is 15.8 Å². The molecule has 0 saturated carbocycles. The lowest BCUT2D eigenvalue weighted by Gasteiger charge is -2.30. The van der Waals surface area contributed by atoms with Crippen molar-refractivity contribution in [3.05, 3.63) is 110 Å². The van der Waals surface area contributed by atoms with E-state index in [1.165, 1.54) is 21.6 Å². The van der Waals surface area contributed by atoms with Crippen LogP contribution < -0.4 is 15.1 Å². The number of benzene rings is 3. The van der Waals surface area contributed by atoms with Gasteiger partial charge in [0.2, 0.25) is 17.7 Å². The van der Waals surface area contributed by atoms with Gasteiger partial charge in [-0.25, -0.2) is 9.29 Å². The van der Waals surface area contributed by atoms with E-state index in [-0.39, 0.29) is 29.1 Å². The summed E-state index contributed by atoms with van der Waals surface area (Å²) in [6.45, 7) is 3.55. The maximum absolute atomic E-state index is 13.9. The standard InChI is InChI=1S/C30H24FN3O4S2/c1-16-7-13-20(14-8-16)34-27(36)24-23(18-9-11-19(31)12-10-18)26-29(39-25(24)28(34)37)33(30(38)40-26)15-22(35)32-21-6-4-3-5-17(21)2/h3-14,23-25H,15H2,1-2H3,(H,32,35)/t23-,24-,25+/m0/s1. The van der Waals surface area contributed by atoms with Crippen molar-refractivity contribution in [3.8, 4) is 0 Å². The van der Waals surface area contributed by atoms with E-state index in [0.29, 0.717) is 26.8 Å². The molecule has 40 heavy (non-hydrogen) atoms. The first-order chi connectivity index (χ1) is 19.2. The average molecular weight is 574 g/mol. The Hall–Kier alpha value is -4.02. The van der Waals surface area contributed by atoms with Gasteiger partial charge < -0.3 is 5.32 Å². The van der Waals surface area contributed by atoms with Crippen LogP contribution in [0.1, 0.15) is 27.5 Å². The summed E-state index contributed by atoms with van der Waals surface area (Å²) in [6, 6.07) is 20.3. The third-order valence-corrected chi connectivity index (χ3v) is 9.90. The van der Waals surface area contributed by atoms with Crippen molar-refractivity contribution in [3.63, 3.8) is 0 Å². The summed E-state index contributed by atoms with van der Waals surface area (Å²) in [5, 5.41) is 2.53. The molecule has 6 rings (SSSR count). The van der Waals surface area contributed by atoms with Gasteiger partial charge in [0.1, 0.15) is 17.6 Å². The molecular formula is C30H24FN3O4S2. The van der Waals surface area contributed by atoms with Crippen molar-refractivity contribution >= 4 is 52.2 Å². The molecule has 1 saturated heterocycles. The van der Waals surface area contributed by atoms with Crippen LogP contribution in [-0.2, 0) is 20.9 Å². The molecule has 2 aliphatic rings. The first kappa shape index (κ1) is 26.2. The molecule has 3 heterocycles. The number of aromatic nitrogens is 1. The third-order valence-electron chi connectivity index (χ3n) is 7.29. The van der Waals surface area contributed by atoms with Crippen molar-refractivity contribution in [1.29, 1.82) is 0 Å². The molecule has 1 aromatic heterocycles. The van der Waals surface area contributed by atoms with Gasteiger partial charge in [0.25, 0.3) is 0 Å². The number of anilines is 2. The molecule has 2 aliphatic heterocycles. The fourth-order valence-electron chi connectivity index (χ4n) is 5.28. The molecular weight excluding hydrogens is 549 g/mol. The van der Waals surface area contributed by atoms with Crippen LogP contribution in [0, 0.1) is 25.6 Å². The molecule has 0 bridgehead atoms. The number of fused-ring (bicyclic) bond motifs is 2. The number of nitrogens with one attached hydrogen (secondary N) is 1. The van der Waals surface area contributed by atoms with Crippen molar-refractivity contribution in [2.45, 2.75) is 36.6 Å². The van der Waals surface area contributed by atoms with Crippen LogP contribution in [0.3, 0.4) is 0 Å².